The van der Waals surface area contributed by atoms with Crippen molar-refractivity contribution >= 4 is 28.7 Å². The van der Waals surface area contributed by atoms with Crippen LogP contribution in [0, 0.1) is 20.2 Å². The first-order valence-corrected chi connectivity index (χ1v) is 7.38. The molecule has 0 unspecified atom stereocenters. The zero-order valence-corrected chi connectivity index (χ0v) is 13.5. The highest BCUT2D eigenvalue weighted by Gasteiger charge is 2.42. The Hall–Kier alpha value is -3.82. The van der Waals surface area contributed by atoms with Crippen molar-refractivity contribution in [1.29, 1.82) is 0 Å². The quantitative estimate of drug-likeness (QED) is 0.597. The minimum absolute atomic E-state index is 0.00585. The number of fused-ring (bicyclic) bond motifs is 1. The molecule has 0 radical (unpaired) electrons. The molecule has 26 heavy (non-hydrogen) atoms. The number of hydrogen-bond donors (Lipinski definition) is 0. The Kier molecular flexibility index (Phi) is 4.31. The van der Waals surface area contributed by atoms with Crippen molar-refractivity contribution in [3.63, 3.8) is 0 Å². The molecule has 1 aliphatic rings. The average molecular weight is 356 g/mol. The minimum Gasteiger partial charge on any atom is -0.398 e. The molecular weight excluding hydrogens is 344 g/mol. The third kappa shape index (κ3) is 2.83. The van der Waals surface area contributed by atoms with Crippen LogP contribution in [-0.4, -0.2) is 28.6 Å². The molecule has 132 valence electrons. The van der Waals surface area contributed by atoms with Crippen LogP contribution in [0.5, 0.6) is 0 Å². The van der Waals surface area contributed by atoms with E-state index in [-0.39, 0.29) is 23.5 Å². The van der Waals surface area contributed by atoms with Gasteiger partial charge in [0.1, 0.15) is 12.8 Å². The van der Waals surface area contributed by atoms with Gasteiger partial charge in [0.25, 0.3) is 11.6 Å². The maximum atomic E-state index is 12.7. The highest BCUT2D eigenvalue weighted by molar-refractivity contribution is 6.54. The number of oxime groups is 1. The SMILES string of the molecule is CO/N=C1\C(=O)N(Cc2ccccc2)c2c1cc([N+](=O)[O-])cc2[N+](=O)[O-]. The number of non-ortho nitro benzene ring substituents is 1. The third-order valence-corrected chi connectivity index (χ3v) is 3.82. The topological polar surface area (TPSA) is 128 Å². The van der Waals surface area contributed by atoms with Gasteiger partial charge in [0.2, 0.25) is 0 Å². The number of hydrogen-bond acceptors (Lipinski definition) is 7. The third-order valence-electron chi connectivity index (χ3n) is 3.82. The van der Waals surface area contributed by atoms with E-state index in [1.807, 2.05) is 0 Å². The fourth-order valence-corrected chi connectivity index (χ4v) is 2.75. The van der Waals surface area contributed by atoms with E-state index in [0.29, 0.717) is 0 Å². The Balaban J connectivity index is 2.22. The summed E-state index contributed by atoms with van der Waals surface area (Å²) in [6, 6.07) is 10.8. The molecule has 2 aromatic carbocycles. The number of anilines is 1. The number of nitro groups is 2. The average Bonchev–Trinajstić information content (AvgIpc) is 2.88. The normalized spacial score (nSPS) is 14.4. The van der Waals surface area contributed by atoms with E-state index in [1.165, 1.54) is 12.0 Å². The molecule has 0 N–H and O–H groups in total. The summed E-state index contributed by atoms with van der Waals surface area (Å²) in [5.74, 6) is -0.630. The van der Waals surface area contributed by atoms with E-state index in [0.717, 1.165) is 17.7 Å². The predicted molar refractivity (Wildman–Crippen MR) is 90.9 cm³/mol. The first-order chi connectivity index (χ1) is 12.4. The van der Waals surface area contributed by atoms with Gasteiger partial charge in [-0.2, -0.15) is 0 Å². The lowest BCUT2D eigenvalue weighted by atomic mass is 10.1. The van der Waals surface area contributed by atoms with E-state index in [4.69, 9.17) is 0 Å². The van der Waals surface area contributed by atoms with Crippen LogP contribution < -0.4 is 4.90 Å². The van der Waals surface area contributed by atoms with Gasteiger partial charge in [0, 0.05) is 11.6 Å². The van der Waals surface area contributed by atoms with Crippen molar-refractivity contribution in [3.05, 3.63) is 73.8 Å². The van der Waals surface area contributed by atoms with Crippen molar-refractivity contribution in [1.82, 2.24) is 0 Å². The lowest BCUT2D eigenvalue weighted by Crippen LogP contribution is -2.30. The van der Waals surface area contributed by atoms with Crippen molar-refractivity contribution in [2.24, 2.45) is 5.16 Å². The van der Waals surface area contributed by atoms with Crippen molar-refractivity contribution in [2.45, 2.75) is 6.54 Å². The molecule has 2 aromatic rings. The minimum atomic E-state index is -0.762. The molecule has 0 atom stereocenters. The van der Waals surface area contributed by atoms with Crippen LogP contribution in [0.15, 0.2) is 47.6 Å². The van der Waals surface area contributed by atoms with Gasteiger partial charge < -0.3 is 4.84 Å². The molecule has 1 aliphatic heterocycles. The van der Waals surface area contributed by atoms with E-state index >= 15 is 0 Å². The van der Waals surface area contributed by atoms with E-state index in [2.05, 4.69) is 9.99 Å². The van der Waals surface area contributed by atoms with Crippen LogP contribution in [0.25, 0.3) is 0 Å². The van der Waals surface area contributed by atoms with Gasteiger partial charge in [-0.1, -0.05) is 35.5 Å². The summed E-state index contributed by atoms with van der Waals surface area (Å²) in [4.78, 5) is 39.6. The number of benzene rings is 2. The Morgan fingerprint density at radius 3 is 2.38 bits per heavy atom. The van der Waals surface area contributed by atoms with Gasteiger partial charge in [-0.3, -0.25) is 29.9 Å². The molecule has 1 heterocycles. The monoisotopic (exact) mass is 356 g/mol. The van der Waals surface area contributed by atoms with Crippen LogP contribution in [0.2, 0.25) is 0 Å². The summed E-state index contributed by atoms with van der Waals surface area (Å²) in [6.07, 6.45) is 0. The molecule has 0 aliphatic carbocycles. The Morgan fingerprint density at radius 2 is 1.81 bits per heavy atom. The molecule has 0 saturated heterocycles. The van der Waals surface area contributed by atoms with Crippen molar-refractivity contribution < 1.29 is 19.5 Å². The number of carbonyl (C=O) groups excluding carboxylic acids is 1. The molecule has 0 spiro atoms. The van der Waals surface area contributed by atoms with Gasteiger partial charge in [0.15, 0.2) is 5.71 Å². The molecule has 3 rings (SSSR count). The maximum absolute atomic E-state index is 12.7. The van der Waals surface area contributed by atoms with Crippen LogP contribution in [0.1, 0.15) is 11.1 Å². The van der Waals surface area contributed by atoms with Gasteiger partial charge in [0.05, 0.1) is 22.5 Å². The van der Waals surface area contributed by atoms with Crippen LogP contribution in [0.4, 0.5) is 17.1 Å². The summed E-state index contributed by atoms with van der Waals surface area (Å²) in [7, 11) is 1.21. The molecule has 0 fully saturated rings. The summed E-state index contributed by atoms with van der Waals surface area (Å²) in [5, 5.41) is 26.2. The summed E-state index contributed by atoms with van der Waals surface area (Å²) < 4.78 is 0. The summed E-state index contributed by atoms with van der Waals surface area (Å²) >= 11 is 0. The fraction of sp³-hybridized carbons (Fsp3) is 0.125. The Morgan fingerprint density at radius 1 is 1.12 bits per heavy atom. The lowest BCUT2D eigenvalue weighted by Gasteiger charge is -2.16. The molecule has 0 aromatic heterocycles. The van der Waals surface area contributed by atoms with Crippen molar-refractivity contribution in [2.75, 3.05) is 12.0 Å². The number of nitrogens with zero attached hydrogens (tertiary/aromatic N) is 4. The largest absolute Gasteiger partial charge is 0.398 e. The van der Waals surface area contributed by atoms with Gasteiger partial charge in [-0.05, 0) is 5.56 Å². The Labute approximate surface area is 146 Å². The zero-order valence-electron chi connectivity index (χ0n) is 13.5. The van der Waals surface area contributed by atoms with Crippen LogP contribution in [0.3, 0.4) is 0 Å². The highest BCUT2D eigenvalue weighted by atomic mass is 16.6. The molecule has 10 nitrogen and oxygen atoms in total. The zero-order chi connectivity index (χ0) is 18.8. The lowest BCUT2D eigenvalue weighted by molar-refractivity contribution is -0.393. The highest BCUT2D eigenvalue weighted by Crippen LogP contribution is 2.41. The molecular formula is C16H12N4O6. The second-order valence-electron chi connectivity index (χ2n) is 5.37. The van der Waals surface area contributed by atoms with Crippen molar-refractivity contribution in [3.8, 4) is 0 Å². The van der Waals surface area contributed by atoms with E-state index in [9.17, 15) is 25.0 Å². The number of rotatable bonds is 5. The first kappa shape index (κ1) is 17.0. The molecule has 0 bridgehead atoms. The maximum Gasteiger partial charge on any atom is 0.300 e. The molecule has 0 saturated carbocycles. The molecule has 10 heteroatoms. The summed E-state index contributed by atoms with van der Waals surface area (Å²) in [5.41, 5.74) is -0.573. The van der Waals surface area contributed by atoms with E-state index in [1.54, 1.807) is 30.3 Å². The smallest absolute Gasteiger partial charge is 0.300 e. The summed E-state index contributed by atoms with van der Waals surface area (Å²) in [6.45, 7) is 0.0497. The fourth-order valence-electron chi connectivity index (χ4n) is 2.75. The number of carbonyl (C=O) groups is 1. The molecule has 1 amide bonds. The standard InChI is InChI=1S/C16H12N4O6/c1-26-17-14-12-7-11(19(22)23)8-13(20(24)25)15(12)18(16(14)21)9-10-5-3-2-4-6-10/h2-8H,9H2,1H3/b17-14-. The van der Waals surface area contributed by atoms with Crippen LogP contribution >= 0.6 is 0 Å². The Bertz CT molecular complexity index is 941. The second kappa shape index (κ2) is 6.59. The number of nitro benzene ring substituents is 2. The van der Waals surface area contributed by atoms with E-state index < -0.39 is 27.1 Å². The van der Waals surface area contributed by atoms with Crippen LogP contribution in [-0.2, 0) is 16.2 Å². The second-order valence-corrected chi connectivity index (χ2v) is 5.37. The van der Waals surface area contributed by atoms with Gasteiger partial charge >= 0.3 is 5.69 Å². The van der Waals surface area contributed by atoms with Gasteiger partial charge in [-0.25, -0.2) is 0 Å². The predicted octanol–water partition coefficient (Wildman–Crippen LogP) is 2.40. The first-order valence-electron chi connectivity index (χ1n) is 7.38. The number of amides is 1. The van der Waals surface area contributed by atoms with Gasteiger partial charge in [-0.15, -0.1) is 0 Å².